The van der Waals surface area contributed by atoms with Gasteiger partial charge in [-0.15, -0.1) is 0 Å². The molecule has 4 nitrogen and oxygen atoms in total. The quantitative estimate of drug-likeness (QED) is 0.820. The van der Waals surface area contributed by atoms with Gasteiger partial charge in [-0.05, 0) is 18.6 Å². The Morgan fingerprint density at radius 3 is 2.75 bits per heavy atom. The maximum Gasteiger partial charge on any atom is 0.417 e. The SMILES string of the molecule is CCc1cnc2n1CCN(C(=O)c1cccc(C(F)(F)F)c1Cl)C2. The minimum atomic E-state index is -4.60. The number of aromatic nitrogens is 2. The zero-order chi connectivity index (χ0) is 17.5. The van der Waals surface area contributed by atoms with Gasteiger partial charge < -0.3 is 9.47 Å². The van der Waals surface area contributed by atoms with E-state index in [4.69, 9.17) is 11.6 Å². The fraction of sp³-hybridized carbons (Fsp3) is 0.375. The molecular weight excluding hydrogens is 343 g/mol. The van der Waals surface area contributed by atoms with E-state index in [2.05, 4.69) is 4.98 Å². The smallest absolute Gasteiger partial charge is 0.329 e. The van der Waals surface area contributed by atoms with Crippen LogP contribution in [0.25, 0.3) is 0 Å². The number of carbonyl (C=O) groups is 1. The van der Waals surface area contributed by atoms with Crippen molar-refractivity contribution < 1.29 is 18.0 Å². The summed E-state index contributed by atoms with van der Waals surface area (Å²) in [5.74, 6) is 0.216. The van der Waals surface area contributed by atoms with Crippen molar-refractivity contribution in [2.75, 3.05) is 6.54 Å². The largest absolute Gasteiger partial charge is 0.417 e. The number of aryl methyl sites for hydroxylation is 1. The number of hydrogen-bond acceptors (Lipinski definition) is 2. The standard InChI is InChI=1S/C16H15ClF3N3O/c1-2-10-8-21-13-9-22(6-7-23(10)13)15(24)11-4-3-5-12(14(11)17)16(18,19)20/h3-5,8H,2,6-7,9H2,1H3. The second-order valence-corrected chi connectivity index (χ2v) is 5.94. The molecule has 0 fully saturated rings. The van der Waals surface area contributed by atoms with E-state index >= 15 is 0 Å². The Morgan fingerprint density at radius 2 is 2.08 bits per heavy atom. The highest BCUT2D eigenvalue weighted by molar-refractivity contribution is 6.34. The summed E-state index contributed by atoms with van der Waals surface area (Å²) in [6.45, 7) is 3.25. The molecule has 1 aliphatic rings. The lowest BCUT2D eigenvalue weighted by molar-refractivity contribution is -0.137. The maximum absolute atomic E-state index is 13.0. The molecule has 8 heteroatoms. The molecular formula is C16H15ClF3N3O. The molecule has 0 atom stereocenters. The van der Waals surface area contributed by atoms with Crippen LogP contribution in [0.15, 0.2) is 24.4 Å². The molecule has 24 heavy (non-hydrogen) atoms. The summed E-state index contributed by atoms with van der Waals surface area (Å²) in [4.78, 5) is 18.4. The van der Waals surface area contributed by atoms with Crippen molar-refractivity contribution in [3.63, 3.8) is 0 Å². The zero-order valence-corrected chi connectivity index (χ0v) is 13.7. The Balaban J connectivity index is 1.88. The molecule has 1 aromatic heterocycles. The molecule has 2 aromatic rings. The summed E-state index contributed by atoms with van der Waals surface area (Å²) < 4.78 is 40.9. The van der Waals surface area contributed by atoms with Crippen LogP contribution in [0, 0.1) is 0 Å². The van der Waals surface area contributed by atoms with Crippen molar-refractivity contribution in [3.8, 4) is 0 Å². The van der Waals surface area contributed by atoms with E-state index in [9.17, 15) is 18.0 Å². The van der Waals surface area contributed by atoms with Gasteiger partial charge in [0.05, 0.1) is 22.7 Å². The van der Waals surface area contributed by atoms with Gasteiger partial charge in [0.25, 0.3) is 5.91 Å². The van der Waals surface area contributed by atoms with E-state index in [1.165, 1.54) is 17.0 Å². The molecule has 0 saturated carbocycles. The third kappa shape index (κ3) is 2.88. The molecule has 0 N–H and O–H groups in total. The fourth-order valence-electron chi connectivity index (χ4n) is 2.87. The van der Waals surface area contributed by atoms with Crippen LogP contribution in [-0.2, 0) is 25.7 Å². The Bertz CT molecular complexity index is 785. The second kappa shape index (κ2) is 6.12. The van der Waals surface area contributed by atoms with Gasteiger partial charge in [-0.1, -0.05) is 24.6 Å². The predicted octanol–water partition coefficient (Wildman–Crippen LogP) is 3.77. The number of fused-ring (bicyclic) bond motifs is 1. The van der Waals surface area contributed by atoms with E-state index in [-0.39, 0.29) is 12.1 Å². The molecule has 2 heterocycles. The van der Waals surface area contributed by atoms with Crippen LogP contribution in [0.1, 0.15) is 34.4 Å². The third-order valence-electron chi connectivity index (χ3n) is 4.13. The van der Waals surface area contributed by atoms with Crippen molar-refractivity contribution in [2.24, 2.45) is 0 Å². The zero-order valence-electron chi connectivity index (χ0n) is 12.9. The molecule has 0 bridgehead atoms. The molecule has 0 spiro atoms. The molecule has 1 amide bonds. The highest BCUT2D eigenvalue weighted by Crippen LogP contribution is 2.36. The molecule has 0 aliphatic carbocycles. The Labute approximate surface area is 141 Å². The molecule has 0 unspecified atom stereocenters. The number of benzene rings is 1. The minimum Gasteiger partial charge on any atom is -0.329 e. The summed E-state index contributed by atoms with van der Waals surface area (Å²) in [6.07, 6.45) is -2.00. The molecule has 0 radical (unpaired) electrons. The first-order valence-electron chi connectivity index (χ1n) is 7.51. The fourth-order valence-corrected chi connectivity index (χ4v) is 3.18. The van der Waals surface area contributed by atoms with Gasteiger partial charge in [0.2, 0.25) is 0 Å². The molecule has 1 aromatic carbocycles. The number of nitrogens with zero attached hydrogens (tertiary/aromatic N) is 3. The average Bonchev–Trinajstić information content (AvgIpc) is 2.95. The van der Waals surface area contributed by atoms with Crippen LogP contribution in [0.5, 0.6) is 0 Å². The molecule has 1 aliphatic heterocycles. The van der Waals surface area contributed by atoms with Crippen molar-refractivity contribution in [1.29, 1.82) is 0 Å². The van der Waals surface area contributed by atoms with E-state index < -0.39 is 22.7 Å². The van der Waals surface area contributed by atoms with E-state index in [1.807, 2.05) is 11.5 Å². The van der Waals surface area contributed by atoms with Crippen LogP contribution in [0.3, 0.4) is 0 Å². The number of rotatable bonds is 2. The minimum absolute atomic E-state index is 0.137. The van der Waals surface area contributed by atoms with Gasteiger partial charge >= 0.3 is 6.18 Å². The van der Waals surface area contributed by atoms with Crippen molar-refractivity contribution in [2.45, 2.75) is 32.6 Å². The number of halogens is 4. The van der Waals surface area contributed by atoms with Crippen LogP contribution >= 0.6 is 11.6 Å². The summed E-state index contributed by atoms with van der Waals surface area (Å²) in [6, 6.07) is 3.38. The number of hydrogen-bond donors (Lipinski definition) is 0. The predicted molar refractivity (Wildman–Crippen MR) is 82.8 cm³/mol. The van der Waals surface area contributed by atoms with Crippen molar-refractivity contribution >= 4 is 17.5 Å². The first-order valence-corrected chi connectivity index (χ1v) is 7.89. The van der Waals surface area contributed by atoms with Crippen molar-refractivity contribution in [1.82, 2.24) is 14.5 Å². The van der Waals surface area contributed by atoms with Gasteiger partial charge in [-0.25, -0.2) is 4.98 Å². The normalized spacial score (nSPS) is 14.6. The van der Waals surface area contributed by atoms with E-state index in [0.29, 0.717) is 13.1 Å². The Morgan fingerprint density at radius 1 is 1.33 bits per heavy atom. The number of carbonyl (C=O) groups excluding carboxylic acids is 1. The molecule has 0 saturated heterocycles. The molecule has 3 rings (SSSR count). The molecule has 128 valence electrons. The third-order valence-corrected chi connectivity index (χ3v) is 4.54. The summed E-state index contributed by atoms with van der Waals surface area (Å²) >= 11 is 5.85. The first-order chi connectivity index (χ1) is 11.3. The highest BCUT2D eigenvalue weighted by Gasteiger charge is 2.35. The average molecular weight is 358 g/mol. The van der Waals surface area contributed by atoms with E-state index in [0.717, 1.165) is 24.0 Å². The van der Waals surface area contributed by atoms with Crippen molar-refractivity contribution in [3.05, 3.63) is 52.1 Å². The van der Waals surface area contributed by atoms with Gasteiger partial charge in [-0.2, -0.15) is 13.2 Å². The van der Waals surface area contributed by atoms with E-state index in [1.54, 1.807) is 6.20 Å². The first kappa shape index (κ1) is 16.8. The van der Waals surface area contributed by atoms with Crippen LogP contribution in [0.4, 0.5) is 13.2 Å². The topological polar surface area (TPSA) is 38.1 Å². The lowest BCUT2D eigenvalue weighted by atomic mass is 10.1. The lowest BCUT2D eigenvalue weighted by Crippen LogP contribution is -2.39. The summed E-state index contributed by atoms with van der Waals surface area (Å²) in [5.41, 5.74) is -0.0572. The van der Waals surface area contributed by atoms with Crippen LogP contribution in [-0.4, -0.2) is 26.9 Å². The van der Waals surface area contributed by atoms with Gasteiger partial charge in [-0.3, -0.25) is 4.79 Å². The van der Waals surface area contributed by atoms with Gasteiger partial charge in [0.1, 0.15) is 5.82 Å². The summed E-state index contributed by atoms with van der Waals surface area (Å²) in [5, 5.41) is -0.557. The number of alkyl halides is 3. The van der Waals surface area contributed by atoms with Crippen LogP contribution in [0.2, 0.25) is 5.02 Å². The van der Waals surface area contributed by atoms with Crippen LogP contribution < -0.4 is 0 Å². The lowest BCUT2D eigenvalue weighted by Gasteiger charge is -2.29. The Kier molecular flexibility index (Phi) is 4.29. The Hall–Kier alpha value is -2.02. The number of imidazole rings is 1. The maximum atomic E-state index is 13.0. The highest BCUT2D eigenvalue weighted by atomic mass is 35.5. The monoisotopic (exact) mass is 357 g/mol. The second-order valence-electron chi connectivity index (χ2n) is 5.56. The van der Waals surface area contributed by atoms with Gasteiger partial charge in [0.15, 0.2) is 0 Å². The number of amides is 1. The summed E-state index contributed by atoms with van der Waals surface area (Å²) in [7, 11) is 0. The van der Waals surface area contributed by atoms with Gasteiger partial charge in [0, 0.05) is 25.0 Å².